The summed E-state index contributed by atoms with van der Waals surface area (Å²) in [7, 11) is 1.78. The molecule has 0 atom stereocenters. The minimum Gasteiger partial charge on any atom is -0.399 e. The lowest BCUT2D eigenvalue weighted by Crippen LogP contribution is -2.32. The van der Waals surface area contributed by atoms with Gasteiger partial charge in [-0.15, -0.1) is 0 Å². The fraction of sp³-hybridized carbons (Fsp3) is 0.333. The normalized spacial score (nSPS) is 10.5. The van der Waals surface area contributed by atoms with Crippen molar-refractivity contribution in [3.8, 4) is 0 Å². The molecule has 0 spiro atoms. The van der Waals surface area contributed by atoms with Gasteiger partial charge in [-0.1, -0.05) is 19.1 Å². The van der Waals surface area contributed by atoms with Crippen molar-refractivity contribution in [2.24, 2.45) is 7.05 Å². The fourth-order valence-electron chi connectivity index (χ4n) is 2.18. The molecule has 0 unspecified atom stereocenters. The van der Waals surface area contributed by atoms with Gasteiger partial charge in [-0.25, -0.2) is 0 Å². The van der Waals surface area contributed by atoms with Crippen LogP contribution in [0.4, 0.5) is 5.69 Å². The van der Waals surface area contributed by atoms with Crippen LogP contribution < -0.4 is 5.73 Å². The van der Waals surface area contributed by atoms with Crippen molar-refractivity contribution in [1.29, 1.82) is 0 Å². The zero-order chi connectivity index (χ0) is 14.5. The van der Waals surface area contributed by atoms with Crippen molar-refractivity contribution in [3.63, 3.8) is 0 Å². The number of nitrogens with zero attached hydrogens (tertiary/aromatic N) is 3. The largest absolute Gasteiger partial charge is 0.399 e. The van der Waals surface area contributed by atoms with Gasteiger partial charge in [0.05, 0.1) is 0 Å². The molecule has 1 aromatic carbocycles. The Bertz CT molecular complexity index is 591. The van der Waals surface area contributed by atoms with E-state index in [2.05, 4.69) is 12.0 Å². The van der Waals surface area contributed by atoms with Crippen molar-refractivity contribution in [2.45, 2.75) is 19.9 Å². The highest BCUT2D eigenvalue weighted by molar-refractivity contribution is 5.92. The monoisotopic (exact) mass is 272 g/mol. The van der Waals surface area contributed by atoms with Crippen molar-refractivity contribution in [3.05, 3.63) is 47.8 Å². The Kier molecular flexibility index (Phi) is 4.40. The molecule has 0 fully saturated rings. The number of nitrogens with two attached hydrogens (primary N) is 1. The van der Waals surface area contributed by atoms with Gasteiger partial charge in [0.15, 0.2) is 0 Å². The van der Waals surface area contributed by atoms with Gasteiger partial charge in [0.1, 0.15) is 5.69 Å². The summed E-state index contributed by atoms with van der Waals surface area (Å²) in [5.41, 5.74) is 8.14. The van der Waals surface area contributed by atoms with Crippen LogP contribution in [-0.2, 0) is 13.6 Å². The maximum Gasteiger partial charge on any atom is 0.272 e. The van der Waals surface area contributed by atoms with Crippen LogP contribution in [0.3, 0.4) is 0 Å². The second kappa shape index (κ2) is 6.23. The number of hydrogen-bond acceptors (Lipinski definition) is 3. The molecule has 0 radical (unpaired) electrons. The number of nitrogen functional groups attached to an aromatic ring is 1. The van der Waals surface area contributed by atoms with Gasteiger partial charge < -0.3 is 10.6 Å². The van der Waals surface area contributed by atoms with Gasteiger partial charge in [0.25, 0.3) is 5.91 Å². The predicted octanol–water partition coefficient (Wildman–Crippen LogP) is 2.05. The summed E-state index contributed by atoms with van der Waals surface area (Å²) in [5.74, 6) is -0.00530. The van der Waals surface area contributed by atoms with Crippen molar-refractivity contribution in [2.75, 3.05) is 12.3 Å². The first-order valence-corrected chi connectivity index (χ1v) is 6.73. The Labute approximate surface area is 119 Å². The maximum absolute atomic E-state index is 12.5. The molecular weight excluding hydrogens is 252 g/mol. The number of anilines is 1. The Balaban J connectivity index is 2.19. The van der Waals surface area contributed by atoms with E-state index in [-0.39, 0.29) is 5.91 Å². The molecule has 0 saturated heterocycles. The minimum atomic E-state index is -0.00530. The molecule has 5 nitrogen and oxygen atoms in total. The summed E-state index contributed by atoms with van der Waals surface area (Å²) in [6, 6.07) is 9.37. The van der Waals surface area contributed by atoms with Crippen LogP contribution in [0.25, 0.3) is 0 Å². The number of aromatic nitrogens is 2. The zero-order valence-corrected chi connectivity index (χ0v) is 11.9. The molecule has 2 N–H and O–H groups in total. The van der Waals surface area contributed by atoms with Gasteiger partial charge in [-0.05, 0) is 30.2 Å². The van der Waals surface area contributed by atoms with Gasteiger partial charge in [-0.3, -0.25) is 9.48 Å². The number of hydrogen-bond donors (Lipinski definition) is 1. The topological polar surface area (TPSA) is 64.2 Å². The second-order valence-corrected chi connectivity index (χ2v) is 4.81. The summed E-state index contributed by atoms with van der Waals surface area (Å²) >= 11 is 0. The molecule has 2 aromatic rings. The predicted molar refractivity (Wildman–Crippen MR) is 79.1 cm³/mol. The third-order valence-electron chi connectivity index (χ3n) is 3.15. The van der Waals surface area contributed by atoms with Crippen molar-refractivity contribution >= 4 is 11.6 Å². The van der Waals surface area contributed by atoms with E-state index >= 15 is 0 Å². The average molecular weight is 272 g/mol. The summed E-state index contributed by atoms with van der Waals surface area (Å²) < 4.78 is 1.60. The van der Waals surface area contributed by atoms with Gasteiger partial charge in [0.2, 0.25) is 0 Å². The van der Waals surface area contributed by atoms with E-state index in [1.807, 2.05) is 29.2 Å². The summed E-state index contributed by atoms with van der Waals surface area (Å²) in [6.07, 6.45) is 2.55. The lowest BCUT2D eigenvalue weighted by molar-refractivity contribution is 0.0732. The third kappa shape index (κ3) is 3.17. The quantitative estimate of drug-likeness (QED) is 0.847. The van der Waals surface area contributed by atoms with Crippen LogP contribution in [0, 0.1) is 0 Å². The molecule has 1 amide bonds. The summed E-state index contributed by atoms with van der Waals surface area (Å²) in [5, 5.41) is 4.05. The molecule has 5 heteroatoms. The standard InChI is InChI=1S/C15H20N4O/c1-3-9-19(11-12-5-4-6-13(16)10-12)15(20)14-7-8-17-18(14)2/h4-8,10H,3,9,11,16H2,1-2H3. The molecule has 0 aliphatic carbocycles. The molecule has 0 aliphatic heterocycles. The maximum atomic E-state index is 12.5. The Morgan fingerprint density at radius 1 is 1.40 bits per heavy atom. The smallest absolute Gasteiger partial charge is 0.272 e. The van der Waals surface area contributed by atoms with E-state index in [1.54, 1.807) is 24.0 Å². The molecule has 20 heavy (non-hydrogen) atoms. The van der Waals surface area contributed by atoms with Crippen LogP contribution >= 0.6 is 0 Å². The first-order chi connectivity index (χ1) is 9.61. The fourth-order valence-corrected chi connectivity index (χ4v) is 2.18. The number of rotatable bonds is 5. The number of amides is 1. The molecule has 106 valence electrons. The average Bonchev–Trinajstić information content (AvgIpc) is 2.84. The molecule has 0 aliphatic rings. The van der Waals surface area contributed by atoms with E-state index < -0.39 is 0 Å². The summed E-state index contributed by atoms with van der Waals surface area (Å²) in [4.78, 5) is 14.4. The first-order valence-electron chi connectivity index (χ1n) is 6.73. The van der Waals surface area contributed by atoms with Crippen LogP contribution in [-0.4, -0.2) is 27.1 Å². The SMILES string of the molecule is CCCN(Cc1cccc(N)c1)C(=O)c1ccnn1C. The van der Waals surface area contributed by atoms with Crippen LogP contribution in [0.5, 0.6) is 0 Å². The van der Waals surface area contributed by atoms with Crippen LogP contribution in [0.2, 0.25) is 0 Å². The highest BCUT2D eigenvalue weighted by Gasteiger charge is 2.18. The number of benzene rings is 1. The Hall–Kier alpha value is -2.30. The van der Waals surface area contributed by atoms with E-state index in [0.717, 1.165) is 12.0 Å². The second-order valence-electron chi connectivity index (χ2n) is 4.81. The van der Waals surface area contributed by atoms with Gasteiger partial charge in [-0.2, -0.15) is 5.10 Å². The highest BCUT2D eigenvalue weighted by Crippen LogP contribution is 2.12. The van der Waals surface area contributed by atoms with Crippen molar-refractivity contribution < 1.29 is 4.79 Å². The third-order valence-corrected chi connectivity index (χ3v) is 3.15. The highest BCUT2D eigenvalue weighted by atomic mass is 16.2. The first kappa shape index (κ1) is 14.1. The van der Waals surface area contributed by atoms with Gasteiger partial charge in [0, 0.05) is 32.0 Å². The lowest BCUT2D eigenvalue weighted by atomic mass is 10.2. The number of carbonyl (C=O) groups is 1. The molecule has 1 aromatic heterocycles. The Morgan fingerprint density at radius 3 is 2.80 bits per heavy atom. The molecule has 0 bridgehead atoms. The van der Waals surface area contributed by atoms with E-state index in [9.17, 15) is 4.79 Å². The number of carbonyl (C=O) groups excluding carboxylic acids is 1. The van der Waals surface area contributed by atoms with Gasteiger partial charge >= 0.3 is 0 Å². The lowest BCUT2D eigenvalue weighted by Gasteiger charge is -2.22. The minimum absolute atomic E-state index is 0.00530. The molecule has 0 saturated carbocycles. The zero-order valence-electron chi connectivity index (χ0n) is 11.9. The van der Waals surface area contributed by atoms with E-state index in [0.29, 0.717) is 24.5 Å². The van der Waals surface area contributed by atoms with Crippen molar-refractivity contribution in [1.82, 2.24) is 14.7 Å². The van der Waals surface area contributed by atoms with E-state index in [4.69, 9.17) is 5.73 Å². The number of aryl methyl sites for hydroxylation is 1. The van der Waals surface area contributed by atoms with E-state index in [1.165, 1.54) is 0 Å². The van der Waals surface area contributed by atoms with Crippen LogP contribution in [0.15, 0.2) is 36.5 Å². The molecule has 1 heterocycles. The van der Waals surface area contributed by atoms with Crippen LogP contribution in [0.1, 0.15) is 29.4 Å². The summed E-state index contributed by atoms with van der Waals surface area (Å²) in [6.45, 7) is 3.32. The molecule has 2 rings (SSSR count). The molecular formula is C15H20N4O. The Morgan fingerprint density at radius 2 is 2.20 bits per heavy atom.